The minimum absolute atomic E-state index is 0.0378. The van der Waals surface area contributed by atoms with E-state index in [1.165, 1.54) is 12.1 Å². The van der Waals surface area contributed by atoms with Crippen molar-refractivity contribution >= 4 is 10.8 Å². The van der Waals surface area contributed by atoms with Crippen LogP contribution in [-0.2, 0) is 10.8 Å². The Morgan fingerprint density at radius 3 is 2.69 bits per heavy atom. The molecular weight excluding hydrogens is 226 g/mol. The molecule has 5 heteroatoms. The normalized spacial score (nSPS) is 14.6. The highest BCUT2D eigenvalue weighted by atomic mass is 32.2. The van der Waals surface area contributed by atoms with Crippen molar-refractivity contribution in [2.75, 3.05) is 18.6 Å². The Bertz CT molecular complexity index is 381. The third kappa shape index (κ3) is 3.83. The minimum atomic E-state index is -0.812. The first-order valence-corrected chi connectivity index (χ1v) is 6.78. The fourth-order valence-electron chi connectivity index (χ4n) is 1.43. The van der Waals surface area contributed by atoms with Gasteiger partial charge in [-0.1, -0.05) is 6.07 Å². The summed E-state index contributed by atoms with van der Waals surface area (Å²) in [5.41, 5.74) is 0.722. The summed E-state index contributed by atoms with van der Waals surface area (Å²) in [5.74, 6) is 0.698. The van der Waals surface area contributed by atoms with Gasteiger partial charge in [0.2, 0.25) is 0 Å². The lowest BCUT2D eigenvalue weighted by Gasteiger charge is -2.15. The van der Waals surface area contributed by atoms with E-state index in [1.54, 1.807) is 12.3 Å². The molecule has 0 aliphatic heterocycles. The molecule has 16 heavy (non-hydrogen) atoms. The lowest BCUT2D eigenvalue weighted by atomic mass is 10.1. The van der Waals surface area contributed by atoms with Gasteiger partial charge in [0.25, 0.3) is 0 Å². The van der Waals surface area contributed by atoms with E-state index in [-0.39, 0.29) is 17.5 Å². The Kier molecular flexibility index (Phi) is 4.76. The van der Waals surface area contributed by atoms with E-state index >= 15 is 0 Å². The number of phenols is 2. The topological polar surface area (TPSA) is 69.6 Å². The second-order valence-electron chi connectivity index (χ2n) is 3.70. The number of aromatic hydroxyl groups is 2. The Morgan fingerprint density at radius 1 is 1.44 bits per heavy atom. The Balaban J connectivity index is 2.58. The van der Waals surface area contributed by atoms with Crippen LogP contribution in [0.4, 0.5) is 0 Å². The molecule has 0 amide bonds. The molecule has 0 bridgehead atoms. The van der Waals surface area contributed by atoms with E-state index in [2.05, 4.69) is 5.32 Å². The molecule has 0 radical (unpaired) electrons. The molecule has 0 heterocycles. The van der Waals surface area contributed by atoms with Crippen LogP contribution in [-0.4, -0.2) is 33.0 Å². The van der Waals surface area contributed by atoms with Gasteiger partial charge in [-0.15, -0.1) is 0 Å². The maximum atomic E-state index is 10.9. The first-order chi connectivity index (χ1) is 7.50. The zero-order chi connectivity index (χ0) is 12.1. The SMILES string of the molecule is CC(NCCS(C)=O)c1ccc(O)cc1O. The molecule has 3 N–H and O–H groups in total. The van der Waals surface area contributed by atoms with Crippen molar-refractivity contribution in [3.63, 3.8) is 0 Å². The number of rotatable bonds is 5. The van der Waals surface area contributed by atoms with Gasteiger partial charge in [-0.05, 0) is 13.0 Å². The Hall–Kier alpha value is -1.07. The van der Waals surface area contributed by atoms with Crippen LogP contribution in [0.5, 0.6) is 11.5 Å². The van der Waals surface area contributed by atoms with Gasteiger partial charge in [0.1, 0.15) is 11.5 Å². The Morgan fingerprint density at radius 2 is 2.12 bits per heavy atom. The number of hydrogen-bond acceptors (Lipinski definition) is 4. The summed E-state index contributed by atoms with van der Waals surface area (Å²) >= 11 is 0. The van der Waals surface area contributed by atoms with Gasteiger partial charge in [-0.2, -0.15) is 0 Å². The average Bonchev–Trinajstić information content (AvgIpc) is 2.16. The van der Waals surface area contributed by atoms with Crippen LogP contribution in [0.15, 0.2) is 18.2 Å². The first kappa shape index (κ1) is 13.0. The summed E-state index contributed by atoms with van der Waals surface area (Å²) in [4.78, 5) is 0. The molecule has 4 nitrogen and oxygen atoms in total. The van der Waals surface area contributed by atoms with E-state index in [1.807, 2.05) is 6.92 Å². The lowest BCUT2D eigenvalue weighted by molar-refractivity contribution is 0.437. The third-order valence-corrected chi connectivity index (χ3v) is 3.10. The largest absolute Gasteiger partial charge is 0.508 e. The van der Waals surface area contributed by atoms with E-state index in [0.717, 1.165) is 5.56 Å². The molecule has 1 aromatic rings. The van der Waals surface area contributed by atoms with Gasteiger partial charge in [0.15, 0.2) is 0 Å². The number of hydrogen-bond donors (Lipinski definition) is 3. The Labute approximate surface area is 97.8 Å². The molecule has 2 unspecified atom stereocenters. The smallest absolute Gasteiger partial charge is 0.124 e. The molecule has 0 saturated carbocycles. The molecule has 1 aromatic carbocycles. The highest BCUT2D eigenvalue weighted by Crippen LogP contribution is 2.27. The van der Waals surface area contributed by atoms with E-state index < -0.39 is 10.8 Å². The van der Waals surface area contributed by atoms with Crippen LogP contribution in [0.25, 0.3) is 0 Å². The number of benzene rings is 1. The van der Waals surface area contributed by atoms with E-state index in [0.29, 0.717) is 12.3 Å². The fourth-order valence-corrected chi connectivity index (χ4v) is 1.83. The zero-order valence-electron chi connectivity index (χ0n) is 9.43. The van der Waals surface area contributed by atoms with Crippen molar-refractivity contribution in [3.8, 4) is 11.5 Å². The second kappa shape index (κ2) is 5.86. The van der Waals surface area contributed by atoms with Gasteiger partial charge in [0, 0.05) is 47.0 Å². The maximum absolute atomic E-state index is 10.9. The highest BCUT2D eigenvalue weighted by Gasteiger charge is 2.10. The van der Waals surface area contributed by atoms with Crippen LogP contribution in [0.2, 0.25) is 0 Å². The molecule has 90 valence electrons. The zero-order valence-corrected chi connectivity index (χ0v) is 10.3. The summed E-state index contributed by atoms with van der Waals surface area (Å²) in [6.45, 7) is 2.54. The van der Waals surface area contributed by atoms with Crippen LogP contribution >= 0.6 is 0 Å². The van der Waals surface area contributed by atoms with Crippen molar-refractivity contribution in [1.82, 2.24) is 5.32 Å². The molecule has 0 aromatic heterocycles. The van der Waals surface area contributed by atoms with Gasteiger partial charge < -0.3 is 15.5 Å². The number of phenolic OH excluding ortho intramolecular Hbond substituents is 2. The summed E-state index contributed by atoms with van der Waals surface area (Å²) in [7, 11) is -0.812. The standard InChI is InChI=1S/C11H17NO3S/c1-8(12-5-6-16(2)15)10-4-3-9(13)7-11(10)14/h3-4,7-8,12-14H,5-6H2,1-2H3. The van der Waals surface area contributed by atoms with Gasteiger partial charge in [0.05, 0.1) is 0 Å². The number of nitrogens with one attached hydrogen (secondary N) is 1. The minimum Gasteiger partial charge on any atom is -0.508 e. The summed E-state index contributed by atoms with van der Waals surface area (Å²) in [5, 5.41) is 21.9. The van der Waals surface area contributed by atoms with Gasteiger partial charge in [-0.25, -0.2) is 0 Å². The van der Waals surface area contributed by atoms with Crippen LogP contribution in [0.3, 0.4) is 0 Å². The summed E-state index contributed by atoms with van der Waals surface area (Å²) in [6, 6.07) is 4.48. The first-order valence-electron chi connectivity index (χ1n) is 5.06. The molecule has 0 saturated heterocycles. The predicted octanol–water partition coefficient (Wildman–Crippen LogP) is 1.13. The van der Waals surface area contributed by atoms with Crippen molar-refractivity contribution in [3.05, 3.63) is 23.8 Å². The fraction of sp³-hybridized carbons (Fsp3) is 0.455. The maximum Gasteiger partial charge on any atom is 0.124 e. The van der Waals surface area contributed by atoms with Crippen LogP contribution in [0, 0.1) is 0 Å². The van der Waals surface area contributed by atoms with Gasteiger partial charge in [-0.3, -0.25) is 4.21 Å². The molecule has 0 spiro atoms. The molecule has 0 aliphatic rings. The van der Waals surface area contributed by atoms with Crippen molar-refractivity contribution in [1.29, 1.82) is 0 Å². The van der Waals surface area contributed by atoms with Gasteiger partial charge >= 0.3 is 0 Å². The quantitative estimate of drug-likeness (QED) is 0.725. The molecule has 0 fully saturated rings. The van der Waals surface area contributed by atoms with E-state index in [9.17, 15) is 9.32 Å². The molecule has 0 aliphatic carbocycles. The van der Waals surface area contributed by atoms with Crippen LogP contribution in [0.1, 0.15) is 18.5 Å². The van der Waals surface area contributed by atoms with Crippen molar-refractivity contribution in [2.24, 2.45) is 0 Å². The summed E-state index contributed by atoms with van der Waals surface area (Å²) < 4.78 is 10.9. The lowest BCUT2D eigenvalue weighted by Crippen LogP contribution is -2.23. The van der Waals surface area contributed by atoms with E-state index in [4.69, 9.17) is 5.11 Å². The average molecular weight is 243 g/mol. The molecule has 1 rings (SSSR count). The monoisotopic (exact) mass is 243 g/mol. The van der Waals surface area contributed by atoms with Crippen molar-refractivity contribution < 1.29 is 14.4 Å². The predicted molar refractivity (Wildman–Crippen MR) is 65.1 cm³/mol. The van der Waals surface area contributed by atoms with Crippen molar-refractivity contribution in [2.45, 2.75) is 13.0 Å². The van der Waals surface area contributed by atoms with Crippen LogP contribution < -0.4 is 5.32 Å². The highest BCUT2D eigenvalue weighted by molar-refractivity contribution is 7.84. The second-order valence-corrected chi connectivity index (χ2v) is 5.25. The molecule has 2 atom stereocenters. The molecular formula is C11H17NO3S. The third-order valence-electron chi connectivity index (χ3n) is 2.32. The summed E-state index contributed by atoms with van der Waals surface area (Å²) in [6.07, 6.45) is 1.66.